The molecule has 0 unspecified atom stereocenters. The van der Waals surface area contributed by atoms with E-state index in [9.17, 15) is 0 Å². The van der Waals surface area contributed by atoms with Gasteiger partial charge < -0.3 is 9.47 Å². The third-order valence-corrected chi connectivity index (χ3v) is 10.3. The van der Waals surface area contributed by atoms with Crippen LogP contribution in [0.1, 0.15) is 0 Å². The first-order valence-electron chi connectivity index (χ1n) is 17.9. The molecule has 0 amide bonds. The smallest absolute Gasteiger partial charge is 0.0619 e. The largest absolute Gasteiger partial charge is 0.310 e. The van der Waals surface area contributed by atoms with E-state index in [1.165, 1.54) is 65.6 Å². The first-order chi connectivity index (χ1) is 25.8. The molecule has 2 nitrogen and oxygen atoms in total. The van der Waals surface area contributed by atoms with Crippen LogP contribution in [0.5, 0.6) is 0 Å². The molecule has 10 rings (SSSR count). The van der Waals surface area contributed by atoms with Gasteiger partial charge in [-0.2, -0.15) is 0 Å². The van der Waals surface area contributed by atoms with Crippen molar-refractivity contribution in [3.05, 3.63) is 206 Å². The predicted molar refractivity (Wildman–Crippen MR) is 221 cm³/mol. The highest BCUT2D eigenvalue weighted by atomic mass is 15.1. The second-order valence-corrected chi connectivity index (χ2v) is 13.4. The van der Waals surface area contributed by atoms with E-state index in [0.29, 0.717) is 0 Å². The second kappa shape index (κ2) is 12.5. The number of para-hydroxylation sites is 2. The van der Waals surface area contributed by atoms with Crippen molar-refractivity contribution in [2.45, 2.75) is 0 Å². The van der Waals surface area contributed by atoms with Crippen molar-refractivity contribution in [1.29, 1.82) is 0 Å². The van der Waals surface area contributed by atoms with Gasteiger partial charge in [0.25, 0.3) is 0 Å². The topological polar surface area (TPSA) is 8.17 Å². The van der Waals surface area contributed by atoms with Gasteiger partial charge in [0.1, 0.15) is 0 Å². The number of hydrogen-bond acceptors (Lipinski definition) is 1. The van der Waals surface area contributed by atoms with Crippen molar-refractivity contribution >= 4 is 60.4 Å². The lowest BCUT2D eigenvalue weighted by Crippen LogP contribution is -2.09. The van der Waals surface area contributed by atoms with Crippen molar-refractivity contribution in [3.63, 3.8) is 0 Å². The average molecular weight is 663 g/mol. The van der Waals surface area contributed by atoms with Gasteiger partial charge in [-0.15, -0.1) is 0 Å². The molecule has 52 heavy (non-hydrogen) atoms. The molecule has 0 radical (unpaired) electrons. The summed E-state index contributed by atoms with van der Waals surface area (Å²) in [5.74, 6) is 0. The van der Waals surface area contributed by atoms with E-state index in [2.05, 4.69) is 216 Å². The Balaban J connectivity index is 1.13. The zero-order chi connectivity index (χ0) is 34.4. The second-order valence-electron chi connectivity index (χ2n) is 13.4. The minimum absolute atomic E-state index is 1.11. The number of fused-ring (bicyclic) bond motifs is 6. The summed E-state index contributed by atoms with van der Waals surface area (Å²) in [6, 6.07) is 74.6. The van der Waals surface area contributed by atoms with Crippen LogP contribution in [-0.2, 0) is 0 Å². The summed E-state index contributed by atoms with van der Waals surface area (Å²) in [6.07, 6.45) is 0. The highest BCUT2D eigenvalue weighted by molar-refractivity contribution is 6.22. The molecule has 10 aromatic rings. The molecule has 0 saturated heterocycles. The molecule has 9 aromatic carbocycles. The number of hydrogen-bond donors (Lipinski definition) is 0. The highest BCUT2D eigenvalue weighted by Crippen LogP contribution is 2.43. The maximum atomic E-state index is 2.44. The summed E-state index contributed by atoms with van der Waals surface area (Å²) in [5.41, 5.74) is 11.7. The molecule has 1 aromatic heterocycles. The molecular weight excluding hydrogens is 629 g/mol. The van der Waals surface area contributed by atoms with E-state index < -0.39 is 0 Å². The highest BCUT2D eigenvalue weighted by Gasteiger charge is 2.19. The SMILES string of the molecule is c1ccc(N(c2ccc(-c3ccc4ccccc4c3)cc2)c2cccc(-c3cccc4c3c3ccc5ccccc5c3n4-c3ccccc3)c2)cc1. The first-order valence-corrected chi connectivity index (χ1v) is 17.9. The average Bonchev–Trinajstić information content (AvgIpc) is 3.57. The number of rotatable bonds is 6. The molecule has 2 heteroatoms. The normalized spacial score (nSPS) is 11.5. The van der Waals surface area contributed by atoms with Crippen LogP contribution in [0, 0.1) is 0 Å². The van der Waals surface area contributed by atoms with Crippen molar-refractivity contribution in [2.75, 3.05) is 4.90 Å². The summed E-state index contributed by atoms with van der Waals surface area (Å²) in [4.78, 5) is 2.36. The maximum absolute atomic E-state index is 2.44. The van der Waals surface area contributed by atoms with Crippen molar-refractivity contribution in [3.8, 4) is 27.9 Å². The number of aromatic nitrogens is 1. The van der Waals surface area contributed by atoms with Crippen LogP contribution in [0.3, 0.4) is 0 Å². The van der Waals surface area contributed by atoms with Crippen LogP contribution in [0.2, 0.25) is 0 Å². The minimum Gasteiger partial charge on any atom is -0.310 e. The van der Waals surface area contributed by atoms with Crippen LogP contribution >= 0.6 is 0 Å². The zero-order valence-electron chi connectivity index (χ0n) is 28.5. The van der Waals surface area contributed by atoms with E-state index in [0.717, 1.165) is 22.7 Å². The molecule has 0 N–H and O–H groups in total. The lowest BCUT2D eigenvalue weighted by atomic mass is 9.97. The van der Waals surface area contributed by atoms with Gasteiger partial charge in [-0.3, -0.25) is 0 Å². The standard InChI is InChI=1S/C50H34N2/c1-3-17-41(18-4-1)51(43-30-27-36(28-31-43)39-26-25-35-13-7-8-15-38(35)33-39)44-21-11-16-40(34-44)45-23-12-24-48-49(45)47-32-29-37-14-9-10-22-46(37)50(47)52(48)42-19-5-2-6-20-42/h1-34H. The Labute approximate surface area is 303 Å². The Bertz CT molecular complexity index is 2890. The Kier molecular flexibility index (Phi) is 7.18. The Morgan fingerprint density at radius 1 is 0.346 bits per heavy atom. The summed E-state index contributed by atoms with van der Waals surface area (Å²) in [5, 5.41) is 7.51. The molecule has 0 fully saturated rings. The lowest BCUT2D eigenvalue weighted by molar-refractivity contribution is 1.19. The zero-order valence-corrected chi connectivity index (χ0v) is 28.5. The van der Waals surface area contributed by atoms with E-state index in [-0.39, 0.29) is 0 Å². The lowest BCUT2D eigenvalue weighted by Gasteiger charge is -2.26. The summed E-state index contributed by atoms with van der Waals surface area (Å²) < 4.78 is 2.44. The molecule has 1 heterocycles. The van der Waals surface area contributed by atoms with Crippen molar-refractivity contribution < 1.29 is 0 Å². The van der Waals surface area contributed by atoms with Crippen molar-refractivity contribution in [1.82, 2.24) is 4.57 Å². The van der Waals surface area contributed by atoms with Gasteiger partial charge in [0.05, 0.1) is 11.0 Å². The summed E-state index contributed by atoms with van der Waals surface area (Å²) >= 11 is 0. The molecule has 0 saturated carbocycles. The Morgan fingerprint density at radius 2 is 0.981 bits per heavy atom. The van der Waals surface area contributed by atoms with Gasteiger partial charge in [0.2, 0.25) is 0 Å². The van der Waals surface area contributed by atoms with E-state index in [4.69, 9.17) is 0 Å². The number of nitrogens with zero attached hydrogens (tertiary/aromatic N) is 2. The van der Waals surface area contributed by atoms with Crippen molar-refractivity contribution in [2.24, 2.45) is 0 Å². The van der Waals surface area contributed by atoms with Gasteiger partial charge in [-0.25, -0.2) is 0 Å². The Hall–Kier alpha value is -6.90. The number of anilines is 3. The fourth-order valence-electron chi connectivity index (χ4n) is 7.92. The molecule has 0 spiro atoms. The van der Waals surface area contributed by atoms with Gasteiger partial charge in [-0.05, 0) is 99.1 Å². The van der Waals surface area contributed by atoms with Gasteiger partial charge in [0.15, 0.2) is 0 Å². The predicted octanol–water partition coefficient (Wildman–Crippen LogP) is 13.9. The quantitative estimate of drug-likeness (QED) is 0.172. The summed E-state index contributed by atoms with van der Waals surface area (Å²) in [6.45, 7) is 0. The minimum atomic E-state index is 1.11. The van der Waals surface area contributed by atoms with Crippen LogP contribution in [0.4, 0.5) is 17.1 Å². The monoisotopic (exact) mass is 662 g/mol. The third-order valence-electron chi connectivity index (χ3n) is 10.3. The maximum Gasteiger partial charge on any atom is 0.0619 e. The van der Waals surface area contributed by atoms with Crippen LogP contribution < -0.4 is 4.90 Å². The van der Waals surface area contributed by atoms with Gasteiger partial charge in [0, 0.05) is 38.9 Å². The molecule has 0 aliphatic heterocycles. The Morgan fingerprint density at radius 3 is 1.81 bits per heavy atom. The number of benzene rings is 9. The molecular formula is C50H34N2. The van der Waals surface area contributed by atoms with Gasteiger partial charge in [-0.1, -0.05) is 146 Å². The fourth-order valence-corrected chi connectivity index (χ4v) is 7.92. The van der Waals surface area contributed by atoms with E-state index in [1.54, 1.807) is 0 Å². The van der Waals surface area contributed by atoms with E-state index in [1.807, 2.05) is 0 Å². The third kappa shape index (κ3) is 5.04. The summed E-state index contributed by atoms with van der Waals surface area (Å²) in [7, 11) is 0. The molecule has 0 aliphatic carbocycles. The van der Waals surface area contributed by atoms with Crippen LogP contribution in [-0.4, -0.2) is 4.57 Å². The van der Waals surface area contributed by atoms with E-state index >= 15 is 0 Å². The molecule has 0 bridgehead atoms. The van der Waals surface area contributed by atoms with Crippen LogP contribution in [0.25, 0.3) is 71.3 Å². The fraction of sp³-hybridized carbons (Fsp3) is 0. The van der Waals surface area contributed by atoms with Gasteiger partial charge >= 0.3 is 0 Å². The first kappa shape index (κ1) is 30.0. The molecule has 0 atom stereocenters. The molecule has 244 valence electrons. The van der Waals surface area contributed by atoms with Crippen LogP contribution in [0.15, 0.2) is 206 Å². The molecule has 0 aliphatic rings.